The Balaban J connectivity index is 2.03. The van der Waals surface area contributed by atoms with Crippen LogP contribution in [0.4, 0.5) is 0 Å². The van der Waals surface area contributed by atoms with E-state index in [9.17, 15) is 0 Å². The average molecular weight is 324 g/mol. The average Bonchev–Trinajstić information content (AvgIpc) is 2.53. The summed E-state index contributed by atoms with van der Waals surface area (Å²) < 4.78 is 0. The predicted molar refractivity (Wildman–Crippen MR) is 99.8 cm³/mol. The van der Waals surface area contributed by atoms with Crippen LogP contribution in [0.1, 0.15) is 38.3 Å². The lowest BCUT2D eigenvalue weighted by molar-refractivity contribution is 0.486. The minimum Gasteiger partial charge on any atom is -0.313 e. The van der Waals surface area contributed by atoms with Gasteiger partial charge in [-0.15, -0.1) is 0 Å². The Morgan fingerprint density at radius 1 is 1.10 bits per heavy atom. The minimum atomic E-state index is 0.602. The summed E-state index contributed by atoms with van der Waals surface area (Å²) in [6.45, 7) is 8.01. The molecule has 1 aliphatic rings. The van der Waals surface area contributed by atoms with Crippen molar-refractivity contribution in [2.24, 2.45) is 0 Å². The lowest BCUT2D eigenvalue weighted by atomic mass is 9.99. The van der Waals surface area contributed by atoms with Gasteiger partial charge in [0.2, 0.25) is 0 Å². The summed E-state index contributed by atoms with van der Waals surface area (Å²) in [6.07, 6.45) is 3.50. The smallest absolute Gasteiger partial charge is 0.0320 e. The topological polar surface area (TPSA) is 12.0 Å². The molecule has 1 aromatic rings. The first-order chi connectivity index (χ1) is 10.2. The molecule has 0 amide bonds. The van der Waals surface area contributed by atoms with Crippen molar-refractivity contribution in [3.8, 4) is 0 Å². The third-order valence-electron chi connectivity index (χ3n) is 4.18. The zero-order valence-electron chi connectivity index (χ0n) is 13.6. The predicted octanol–water partition coefficient (Wildman–Crippen LogP) is 4.40. The SMILES string of the molecule is CCCNC(Cc1ccc(CC)cc1)C1SCCSC1C. The van der Waals surface area contributed by atoms with Gasteiger partial charge in [0.25, 0.3) is 0 Å². The second-order valence-electron chi connectivity index (χ2n) is 5.85. The maximum Gasteiger partial charge on any atom is 0.0320 e. The molecule has 1 aromatic carbocycles. The van der Waals surface area contributed by atoms with E-state index in [1.165, 1.54) is 29.1 Å². The Labute approximate surface area is 139 Å². The second-order valence-corrected chi connectivity index (χ2v) is 8.62. The van der Waals surface area contributed by atoms with Crippen molar-refractivity contribution in [2.75, 3.05) is 18.1 Å². The third kappa shape index (κ3) is 5.22. The van der Waals surface area contributed by atoms with Gasteiger partial charge in [-0.3, -0.25) is 0 Å². The maximum absolute atomic E-state index is 3.81. The fourth-order valence-corrected chi connectivity index (χ4v) is 5.85. The van der Waals surface area contributed by atoms with E-state index in [-0.39, 0.29) is 0 Å². The summed E-state index contributed by atoms with van der Waals surface area (Å²) in [5.74, 6) is 2.62. The maximum atomic E-state index is 3.81. The van der Waals surface area contributed by atoms with Gasteiger partial charge in [-0.2, -0.15) is 23.5 Å². The number of hydrogen-bond acceptors (Lipinski definition) is 3. The van der Waals surface area contributed by atoms with Crippen molar-refractivity contribution in [2.45, 2.75) is 56.6 Å². The molecular weight excluding hydrogens is 294 g/mol. The van der Waals surface area contributed by atoms with Gasteiger partial charge in [0.15, 0.2) is 0 Å². The molecule has 1 aliphatic heterocycles. The van der Waals surface area contributed by atoms with E-state index in [0.29, 0.717) is 6.04 Å². The molecular formula is C18H29NS2. The van der Waals surface area contributed by atoms with E-state index in [2.05, 4.69) is 73.9 Å². The monoisotopic (exact) mass is 323 g/mol. The van der Waals surface area contributed by atoms with E-state index >= 15 is 0 Å². The normalized spacial score (nSPS) is 24.0. The molecule has 1 heterocycles. The summed E-state index contributed by atoms with van der Waals surface area (Å²) >= 11 is 4.32. The molecule has 0 spiro atoms. The Bertz CT molecular complexity index is 404. The fourth-order valence-electron chi connectivity index (χ4n) is 2.89. The highest BCUT2D eigenvalue weighted by molar-refractivity contribution is 8.07. The highest BCUT2D eigenvalue weighted by atomic mass is 32.2. The van der Waals surface area contributed by atoms with Gasteiger partial charge >= 0.3 is 0 Å². The third-order valence-corrected chi connectivity index (χ3v) is 7.43. The first-order valence-electron chi connectivity index (χ1n) is 8.29. The lowest BCUT2D eigenvalue weighted by Crippen LogP contribution is -2.46. The molecule has 118 valence electrons. The highest BCUT2D eigenvalue weighted by Gasteiger charge is 2.30. The zero-order valence-corrected chi connectivity index (χ0v) is 15.2. The first-order valence-corrected chi connectivity index (χ1v) is 10.4. The highest BCUT2D eigenvalue weighted by Crippen LogP contribution is 2.34. The largest absolute Gasteiger partial charge is 0.313 e. The number of aryl methyl sites for hydroxylation is 1. The number of nitrogens with one attached hydrogen (secondary N) is 1. The second kappa shape index (κ2) is 9.12. The molecule has 1 nitrogen and oxygen atoms in total. The number of hydrogen-bond donors (Lipinski definition) is 1. The van der Waals surface area contributed by atoms with Gasteiger partial charge in [0, 0.05) is 28.0 Å². The minimum absolute atomic E-state index is 0.602. The van der Waals surface area contributed by atoms with Crippen molar-refractivity contribution in [1.82, 2.24) is 5.32 Å². The van der Waals surface area contributed by atoms with Gasteiger partial charge in [-0.25, -0.2) is 0 Å². The van der Waals surface area contributed by atoms with Crippen LogP contribution in [0.2, 0.25) is 0 Å². The summed E-state index contributed by atoms with van der Waals surface area (Å²) in [5.41, 5.74) is 2.91. The first kappa shape index (κ1) is 17.2. The standard InChI is InChI=1S/C18H29NS2/c1-4-10-19-17(18-14(3)20-11-12-21-18)13-16-8-6-15(5-2)7-9-16/h6-9,14,17-19H,4-5,10-13H2,1-3H3. The zero-order chi connectivity index (χ0) is 15.1. The summed E-state index contributed by atoms with van der Waals surface area (Å²) in [7, 11) is 0. The van der Waals surface area contributed by atoms with E-state index in [1.807, 2.05) is 0 Å². The van der Waals surface area contributed by atoms with Crippen LogP contribution in [0.3, 0.4) is 0 Å². The summed E-state index contributed by atoms with van der Waals surface area (Å²) in [4.78, 5) is 0. The van der Waals surface area contributed by atoms with Crippen LogP contribution in [-0.2, 0) is 12.8 Å². The Morgan fingerprint density at radius 3 is 2.38 bits per heavy atom. The Morgan fingerprint density at radius 2 is 1.76 bits per heavy atom. The molecule has 0 saturated carbocycles. The molecule has 3 heteroatoms. The molecule has 2 rings (SSSR count). The van der Waals surface area contributed by atoms with Crippen LogP contribution < -0.4 is 5.32 Å². The van der Waals surface area contributed by atoms with Crippen molar-refractivity contribution >= 4 is 23.5 Å². The molecule has 0 bridgehead atoms. The Kier molecular flexibility index (Phi) is 7.48. The number of thioether (sulfide) groups is 2. The molecule has 3 atom stereocenters. The molecule has 21 heavy (non-hydrogen) atoms. The van der Waals surface area contributed by atoms with Gasteiger partial charge in [-0.1, -0.05) is 45.0 Å². The molecule has 1 fully saturated rings. The van der Waals surface area contributed by atoms with Crippen LogP contribution in [0.5, 0.6) is 0 Å². The quantitative estimate of drug-likeness (QED) is 0.799. The molecule has 0 aromatic heterocycles. The van der Waals surface area contributed by atoms with Crippen LogP contribution in [0.25, 0.3) is 0 Å². The number of rotatable bonds is 7. The van der Waals surface area contributed by atoms with Crippen LogP contribution >= 0.6 is 23.5 Å². The van der Waals surface area contributed by atoms with Crippen LogP contribution in [0.15, 0.2) is 24.3 Å². The molecule has 3 unspecified atom stereocenters. The summed E-state index contributed by atoms with van der Waals surface area (Å²) in [5, 5.41) is 5.31. The number of benzene rings is 1. The lowest BCUT2D eigenvalue weighted by Gasteiger charge is -2.35. The van der Waals surface area contributed by atoms with Crippen molar-refractivity contribution in [1.29, 1.82) is 0 Å². The van der Waals surface area contributed by atoms with E-state index in [1.54, 1.807) is 0 Å². The van der Waals surface area contributed by atoms with Crippen molar-refractivity contribution < 1.29 is 0 Å². The van der Waals surface area contributed by atoms with Gasteiger partial charge in [-0.05, 0) is 36.9 Å². The van der Waals surface area contributed by atoms with E-state index in [0.717, 1.165) is 29.9 Å². The molecule has 0 radical (unpaired) electrons. The molecule has 1 saturated heterocycles. The van der Waals surface area contributed by atoms with Crippen molar-refractivity contribution in [3.05, 3.63) is 35.4 Å². The van der Waals surface area contributed by atoms with Crippen LogP contribution in [0, 0.1) is 0 Å². The summed E-state index contributed by atoms with van der Waals surface area (Å²) in [6, 6.07) is 9.83. The Hall–Kier alpha value is -0.120. The van der Waals surface area contributed by atoms with Crippen molar-refractivity contribution in [3.63, 3.8) is 0 Å². The van der Waals surface area contributed by atoms with E-state index < -0.39 is 0 Å². The van der Waals surface area contributed by atoms with Gasteiger partial charge < -0.3 is 5.32 Å². The fraction of sp³-hybridized carbons (Fsp3) is 0.667. The molecule has 0 aliphatic carbocycles. The van der Waals surface area contributed by atoms with Gasteiger partial charge in [0.1, 0.15) is 0 Å². The van der Waals surface area contributed by atoms with E-state index in [4.69, 9.17) is 0 Å². The van der Waals surface area contributed by atoms with Gasteiger partial charge in [0.05, 0.1) is 0 Å². The molecule has 1 N–H and O–H groups in total. The van der Waals surface area contributed by atoms with Crippen LogP contribution in [-0.4, -0.2) is 34.6 Å².